The summed E-state index contributed by atoms with van der Waals surface area (Å²) >= 11 is 0. The van der Waals surface area contributed by atoms with Crippen molar-refractivity contribution < 1.29 is 14.9 Å². The van der Waals surface area contributed by atoms with E-state index in [9.17, 15) is 9.90 Å². The lowest BCUT2D eigenvalue weighted by molar-refractivity contribution is 0.156. The number of aromatic amines is 1. The highest BCUT2D eigenvalue weighted by Crippen LogP contribution is 2.37. The van der Waals surface area contributed by atoms with Crippen LogP contribution in [0.2, 0.25) is 0 Å². The fourth-order valence-electron chi connectivity index (χ4n) is 2.16. The maximum Gasteiger partial charge on any atom is 0.280 e. The molecule has 5 N–H and O–H groups in total. The summed E-state index contributed by atoms with van der Waals surface area (Å²) in [6.45, 7) is -0.180. The number of aliphatic hydroxyl groups excluding tert-OH is 2. The van der Waals surface area contributed by atoms with E-state index in [0.29, 0.717) is 5.65 Å². The Morgan fingerprint density at radius 1 is 1.58 bits per heavy atom. The molecule has 0 bridgehead atoms. The predicted molar refractivity (Wildman–Crippen MR) is 64.3 cm³/mol. The van der Waals surface area contributed by atoms with Crippen LogP contribution in [0.15, 0.2) is 11.1 Å². The van der Waals surface area contributed by atoms with Gasteiger partial charge in [0.25, 0.3) is 5.56 Å². The van der Waals surface area contributed by atoms with Gasteiger partial charge < -0.3 is 25.3 Å². The molecule has 2 aromatic heterocycles. The number of anilines is 1. The summed E-state index contributed by atoms with van der Waals surface area (Å²) in [5.41, 5.74) is 4.71. The van der Waals surface area contributed by atoms with E-state index in [4.69, 9.17) is 15.6 Å². The second-order valence-electron chi connectivity index (χ2n) is 4.51. The standard InChI is InChI=1S/C10H13N5O4/c11-9-13-7-6(8(18)14-9)12-4-15(7)2-10(3-17)5(1-16)19-10/h4-5,16-17H,1-3H2,(H3,11,13,14,18)/t5-,10-/m0/s1. The molecule has 2 aromatic rings. The Labute approximate surface area is 106 Å². The maximum absolute atomic E-state index is 11.6. The molecule has 0 amide bonds. The van der Waals surface area contributed by atoms with Gasteiger partial charge in [-0.1, -0.05) is 0 Å². The number of nitrogen functional groups attached to an aromatic ring is 1. The summed E-state index contributed by atoms with van der Waals surface area (Å²) in [6, 6.07) is 0. The molecule has 0 spiro atoms. The van der Waals surface area contributed by atoms with Gasteiger partial charge in [-0.3, -0.25) is 9.78 Å². The van der Waals surface area contributed by atoms with E-state index < -0.39 is 17.3 Å². The van der Waals surface area contributed by atoms with Crippen molar-refractivity contribution in [1.29, 1.82) is 0 Å². The zero-order valence-electron chi connectivity index (χ0n) is 9.91. The van der Waals surface area contributed by atoms with E-state index in [1.165, 1.54) is 6.33 Å². The predicted octanol–water partition coefficient (Wildman–Crippen LogP) is -2.18. The number of fused-ring (bicyclic) bond motifs is 1. The average Bonchev–Trinajstić information content (AvgIpc) is 2.95. The van der Waals surface area contributed by atoms with Crippen LogP contribution in [0.25, 0.3) is 11.2 Å². The normalized spacial score (nSPS) is 25.9. The molecular formula is C10H13N5O4. The van der Waals surface area contributed by atoms with Crippen LogP contribution in [0.5, 0.6) is 0 Å². The summed E-state index contributed by atoms with van der Waals surface area (Å²) in [5, 5.41) is 18.4. The Morgan fingerprint density at radius 3 is 3.00 bits per heavy atom. The van der Waals surface area contributed by atoms with Gasteiger partial charge in [0.05, 0.1) is 26.1 Å². The highest BCUT2D eigenvalue weighted by atomic mass is 16.6. The van der Waals surface area contributed by atoms with Crippen molar-refractivity contribution in [1.82, 2.24) is 19.5 Å². The first-order chi connectivity index (χ1) is 9.09. The van der Waals surface area contributed by atoms with E-state index in [1.54, 1.807) is 4.57 Å². The molecule has 3 rings (SSSR count). The van der Waals surface area contributed by atoms with Gasteiger partial charge in [0.2, 0.25) is 5.95 Å². The van der Waals surface area contributed by atoms with Gasteiger partial charge >= 0.3 is 0 Å². The lowest BCUT2D eigenvalue weighted by Crippen LogP contribution is -2.28. The summed E-state index contributed by atoms with van der Waals surface area (Å²) in [4.78, 5) is 21.9. The number of aromatic nitrogens is 4. The Morgan fingerprint density at radius 2 is 2.37 bits per heavy atom. The van der Waals surface area contributed by atoms with Crippen molar-refractivity contribution in [2.24, 2.45) is 0 Å². The monoisotopic (exact) mass is 267 g/mol. The van der Waals surface area contributed by atoms with Crippen molar-refractivity contribution >= 4 is 17.1 Å². The van der Waals surface area contributed by atoms with Crippen LogP contribution < -0.4 is 11.3 Å². The largest absolute Gasteiger partial charge is 0.394 e. The quantitative estimate of drug-likeness (QED) is 0.461. The number of imidazole rings is 1. The molecule has 2 atom stereocenters. The van der Waals surface area contributed by atoms with E-state index >= 15 is 0 Å². The molecule has 19 heavy (non-hydrogen) atoms. The third-order valence-electron chi connectivity index (χ3n) is 3.27. The minimum absolute atomic E-state index is 0.00674. The first-order valence-corrected chi connectivity index (χ1v) is 5.70. The molecule has 9 nitrogen and oxygen atoms in total. The van der Waals surface area contributed by atoms with Crippen molar-refractivity contribution in [3.8, 4) is 0 Å². The Bertz CT molecular complexity index is 680. The summed E-state index contributed by atoms with van der Waals surface area (Å²) in [6.07, 6.45) is 1.01. The molecule has 0 aliphatic carbocycles. The Balaban J connectivity index is 2.01. The van der Waals surface area contributed by atoms with Gasteiger partial charge in [-0.25, -0.2) is 4.98 Å². The van der Waals surface area contributed by atoms with Crippen molar-refractivity contribution in [3.05, 3.63) is 16.7 Å². The third-order valence-corrected chi connectivity index (χ3v) is 3.27. The van der Waals surface area contributed by atoms with Gasteiger partial charge in [0, 0.05) is 0 Å². The van der Waals surface area contributed by atoms with E-state index in [0.717, 1.165) is 0 Å². The maximum atomic E-state index is 11.6. The lowest BCUT2D eigenvalue weighted by atomic mass is 10.1. The highest BCUT2D eigenvalue weighted by Gasteiger charge is 2.56. The zero-order valence-corrected chi connectivity index (χ0v) is 9.91. The minimum atomic E-state index is -0.846. The Hall–Kier alpha value is -1.97. The number of nitrogens with two attached hydrogens (primary N) is 1. The lowest BCUT2D eigenvalue weighted by Gasteiger charge is -2.10. The number of nitrogens with zero attached hydrogens (tertiary/aromatic N) is 3. The molecule has 1 saturated heterocycles. The molecule has 0 saturated carbocycles. The fourth-order valence-corrected chi connectivity index (χ4v) is 2.16. The summed E-state index contributed by atoms with van der Waals surface area (Å²) in [7, 11) is 0. The first kappa shape index (κ1) is 12.1. The van der Waals surface area contributed by atoms with Gasteiger partial charge in [-0.2, -0.15) is 4.98 Å². The number of rotatable bonds is 4. The van der Waals surface area contributed by atoms with Crippen LogP contribution >= 0.6 is 0 Å². The summed E-state index contributed by atoms with van der Waals surface area (Å²) in [5.74, 6) is -0.00674. The molecule has 3 heterocycles. The second-order valence-corrected chi connectivity index (χ2v) is 4.51. The number of ether oxygens (including phenoxy) is 1. The Kier molecular flexibility index (Phi) is 2.55. The molecule has 1 aliphatic rings. The van der Waals surface area contributed by atoms with Crippen LogP contribution in [-0.2, 0) is 11.3 Å². The molecule has 1 fully saturated rings. The second kappa shape index (κ2) is 4.02. The number of nitrogens with one attached hydrogen (secondary N) is 1. The van der Waals surface area contributed by atoms with Gasteiger partial charge in [0.15, 0.2) is 11.2 Å². The van der Waals surface area contributed by atoms with Gasteiger partial charge in [-0.15, -0.1) is 0 Å². The SMILES string of the molecule is Nc1nc2c(ncn2C[C@@]2(CO)O[C@H]2CO)c(=O)[nH]1. The van der Waals surface area contributed by atoms with Gasteiger partial charge in [0.1, 0.15) is 11.7 Å². The number of H-pyrrole nitrogens is 1. The van der Waals surface area contributed by atoms with Crippen molar-refractivity contribution in [3.63, 3.8) is 0 Å². The number of hydrogen-bond donors (Lipinski definition) is 4. The van der Waals surface area contributed by atoms with Crippen LogP contribution in [-0.4, -0.2) is 54.7 Å². The summed E-state index contributed by atoms with van der Waals surface area (Å²) < 4.78 is 6.87. The number of aliphatic hydroxyl groups is 2. The molecule has 102 valence electrons. The molecular weight excluding hydrogens is 254 g/mol. The molecule has 9 heteroatoms. The first-order valence-electron chi connectivity index (χ1n) is 5.70. The van der Waals surface area contributed by atoms with Crippen molar-refractivity contribution in [2.45, 2.75) is 18.2 Å². The minimum Gasteiger partial charge on any atom is -0.394 e. The van der Waals surface area contributed by atoms with Gasteiger partial charge in [-0.05, 0) is 0 Å². The molecule has 1 aliphatic heterocycles. The zero-order chi connectivity index (χ0) is 13.6. The van der Waals surface area contributed by atoms with Crippen LogP contribution in [0.3, 0.4) is 0 Å². The van der Waals surface area contributed by atoms with Crippen LogP contribution in [0.4, 0.5) is 5.95 Å². The van der Waals surface area contributed by atoms with Crippen LogP contribution in [0.1, 0.15) is 0 Å². The van der Waals surface area contributed by atoms with E-state index in [1.807, 2.05) is 0 Å². The van der Waals surface area contributed by atoms with E-state index in [-0.39, 0.29) is 31.2 Å². The number of epoxide rings is 1. The average molecular weight is 267 g/mol. The molecule has 0 radical (unpaired) electrons. The fraction of sp³-hybridized carbons (Fsp3) is 0.500. The molecule has 0 aromatic carbocycles. The smallest absolute Gasteiger partial charge is 0.280 e. The van der Waals surface area contributed by atoms with Crippen LogP contribution in [0, 0.1) is 0 Å². The third kappa shape index (κ3) is 1.79. The topological polar surface area (TPSA) is 143 Å². The molecule has 0 unspecified atom stereocenters. The van der Waals surface area contributed by atoms with E-state index in [2.05, 4.69) is 15.0 Å². The highest BCUT2D eigenvalue weighted by molar-refractivity contribution is 5.70. The van der Waals surface area contributed by atoms with Crippen molar-refractivity contribution in [2.75, 3.05) is 18.9 Å². The number of hydrogen-bond acceptors (Lipinski definition) is 7.